The number of nitrogens with one attached hydrogen (secondary N) is 2. The van der Waals surface area contributed by atoms with Gasteiger partial charge in [-0.3, -0.25) is 4.79 Å². The lowest BCUT2D eigenvalue weighted by Crippen LogP contribution is -2.30. The lowest BCUT2D eigenvalue weighted by Gasteiger charge is -2.20. The maximum atomic E-state index is 13.0. The Balaban J connectivity index is 1.92. The smallest absolute Gasteiger partial charge is 0.253 e. The summed E-state index contributed by atoms with van der Waals surface area (Å²) < 4.78 is 26.4. The van der Waals surface area contributed by atoms with Crippen molar-refractivity contribution in [3.63, 3.8) is 0 Å². The molecule has 0 aliphatic rings. The lowest BCUT2D eigenvalue weighted by molar-refractivity contribution is 0.0936. The quantitative estimate of drug-likeness (QED) is 0.598. The Hall–Kier alpha value is -2.67. The van der Waals surface area contributed by atoms with Crippen LogP contribution in [0.15, 0.2) is 83.8 Å². The van der Waals surface area contributed by atoms with E-state index in [4.69, 9.17) is 11.6 Å². The van der Waals surface area contributed by atoms with Crippen LogP contribution in [0.3, 0.4) is 0 Å². The fourth-order valence-electron chi connectivity index (χ4n) is 2.99. The minimum atomic E-state index is -3.69. The van der Waals surface area contributed by atoms with Gasteiger partial charge in [-0.15, -0.1) is 0 Å². The second-order valence-electron chi connectivity index (χ2n) is 6.48. The molecule has 3 rings (SSSR count). The van der Waals surface area contributed by atoms with Crippen molar-refractivity contribution in [1.29, 1.82) is 0 Å². The molecule has 0 aliphatic heterocycles. The van der Waals surface area contributed by atoms with E-state index in [0.29, 0.717) is 6.42 Å². The number of carbonyl (C=O) groups is 1. The van der Waals surface area contributed by atoms with Crippen LogP contribution in [0.5, 0.6) is 0 Å². The number of rotatable bonds is 7. The molecule has 0 aliphatic carbocycles. The Morgan fingerprint density at radius 3 is 2.21 bits per heavy atom. The maximum absolute atomic E-state index is 13.0. The van der Waals surface area contributed by atoms with Crippen LogP contribution < -0.4 is 10.0 Å². The van der Waals surface area contributed by atoms with Gasteiger partial charge in [-0.2, -0.15) is 0 Å². The summed E-state index contributed by atoms with van der Waals surface area (Å²) in [7, 11) is -2.37. The van der Waals surface area contributed by atoms with Crippen LogP contribution in [0.1, 0.15) is 27.5 Å². The van der Waals surface area contributed by atoms with Crippen LogP contribution in [0, 0.1) is 0 Å². The number of carbonyl (C=O) groups excluding carboxylic acids is 1. The molecule has 3 aromatic carbocycles. The van der Waals surface area contributed by atoms with Crippen molar-refractivity contribution in [2.45, 2.75) is 17.4 Å². The molecule has 0 saturated carbocycles. The molecular weight excluding hydrogens is 408 g/mol. The first kappa shape index (κ1) is 21.0. The molecule has 1 atom stereocenters. The van der Waals surface area contributed by atoms with Gasteiger partial charge >= 0.3 is 0 Å². The SMILES string of the molecule is CNS(=O)(=O)c1ccc(Cl)c(C(=O)NC(Cc2ccccc2)c2ccccc2)c1. The van der Waals surface area contributed by atoms with Crippen LogP contribution >= 0.6 is 11.6 Å². The van der Waals surface area contributed by atoms with E-state index in [2.05, 4.69) is 10.0 Å². The predicted octanol–water partition coefficient (Wildman–Crippen LogP) is 3.96. The first-order valence-corrected chi connectivity index (χ1v) is 10.9. The summed E-state index contributed by atoms with van der Waals surface area (Å²) in [6.07, 6.45) is 0.586. The van der Waals surface area contributed by atoms with Crippen molar-refractivity contribution >= 4 is 27.5 Å². The highest BCUT2D eigenvalue weighted by atomic mass is 35.5. The zero-order chi connectivity index (χ0) is 20.9. The number of hydrogen-bond acceptors (Lipinski definition) is 3. The van der Waals surface area contributed by atoms with Gasteiger partial charge in [0, 0.05) is 0 Å². The predicted molar refractivity (Wildman–Crippen MR) is 114 cm³/mol. The monoisotopic (exact) mass is 428 g/mol. The fourth-order valence-corrected chi connectivity index (χ4v) is 3.95. The highest BCUT2D eigenvalue weighted by Gasteiger charge is 2.21. The van der Waals surface area contributed by atoms with E-state index in [-0.39, 0.29) is 21.5 Å². The van der Waals surface area contributed by atoms with Crippen LogP contribution in [0.2, 0.25) is 5.02 Å². The minimum absolute atomic E-state index is 0.0196. The summed E-state index contributed by atoms with van der Waals surface area (Å²) in [4.78, 5) is 13.0. The van der Waals surface area contributed by atoms with Crippen molar-refractivity contribution in [2.24, 2.45) is 0 Å². The van der Waals surface area contributed by atoms with Crippen molar-refractivity contribution in [3.8, 4) is 0 Å². The molecule has 0 fully saturated rings. The van der Waals surface area contributed by atoms with E-state index < -0.39 is 15.9 Å². The topological polar surface area (TPSA) is 75.3 Å². The van der Waals surface area contributed by atoms with E-state index >= 15 is 0 Å². The first-order chi connectivity index (χ1) is 13.9. The average Bonchev–Trinajstić information content (AvgIpc) is 2.74. The van der Waals surface area contributed by atoms with Gasteiger partial charge in [0.15, 0.2) is 0 Å². The lowest BCUT2D eigenvalue weighted by atomic mass is 9.98. The maximum Gasteiger partial charge on any atom is 0.253 e. The van der Waals surface area contributed by atoms with E-state index in [1.807, 2.05) is 60.7 Å². The zero-order valence-corrected chi connectivity index (χ0v) is 17.4. The largest absolute Gasteiger partial charge is 0.345 e. The van der Waals surface area contributed by atoms with Gasteiger partial charge < -0.3 is 5.32 Å². The van der Waals surface area contributed by atoms with Gasteiger partial charge in [-0.25, -0.2) is 13.1 Å². The molecule has 3 aromatic rings. The Morgan fingerprint density at radius 1 is 0.966 bits per heavy atom. The first-order valence-electron chi connectivity index (χ1n) is 9.03. The van der Waals surface area contributed by atoms with E-state index in [1.165, 1.54) is 25.2 Å². The van der Waals surface area contributed by atoms with E-state index in [9.17, 15) is 13.2 Å². The van der Waals surface area contributed by atoms with Gasteiger partial charge in [0.2, 0.25) is 10.0 Å². The molecule has 0 radical (unpaired) electrons. The molecule has 0 aromatic heterocycles. The summed E-state index contributed by atoms with van der Waals surface area (Å²) in [6, 6.07) is 23.2. The van der Waals surface area contributed by atoms with Crippen LogP contribution in [-0.2, 0) is 16.4 Å². The molecule has 5 nitrogen and oxygen atoms in total. The summed E-state index contributed by atoms with van der Waals surface area (Å²) >= 11 is 6.20. The van der Waals surface area contributed by atoms with Gasteiger partial charge in [0.25, 0.3) is 5.91 Å². The van der Waals surface area contributed by atoms with Gasteiger partial charge in [0.1, 0.15) is 0 Å². The molecule has 150 valence electrons. The molecule has 0 saturated heterocycles. The third-order valence-corrected chi connectivity index (χ3v) is 6.29. The third-order valence-electron chi connectivity index (χ3n) is 4.55. The Kier molecular flexibility index (Phi) is 6.69. The zero-order valence-electron chi connectivity index (χ0n) is 15.8. The number of amides is 1. The van der Waals surface area contributed by atoms with Crippen molar-refractivity contribution in [2.75, 3.05) is 7.05 Å². The van der Waals surface area contributed by atoms with Crippen molar-refractivity contribution in [1.82, 2.24) is 10.0 Å². The number of sulfonamides is 1. The molecule has 7 heteroatoms. The molecule has 29 heavy (non-hydrogen) atoms. The number of halogens is 1. The molecule has 1 unspecified atom stereocenters. The van der Waals surface area contributed by atoms with Crippen LogP contribution in [-0.4, -0.2) is 21.4 Å². The van der Waals surface area contributed by atoms with Gasteiger partial charge in [-0.05, 0) is 42.8 Å². The Bertz CT molecular complexity index is 1090. The van der Waals surface area contributed by atoms with E-state index in [1.54, 1.807) is 0 Å². The second kappa shape index (κ2) is 9.22. The van der Waals surface area contributed by atoms with Gasteiger partial charge in [-0.1, -0.05) is 72.3 Å². The average molecular weight is 429 g/mol. The van der Waals surface area contributed by atoms with Crippen LogP contribution in [0.25, 0.3) is 0 Å². The third kappa shape index (κ3) is 5.23. The summed E-state index contributed by atoms with van der Waals surface area (Å²) in [5, 5.41) is 3.18. The summed E-state index contributed by atoms with van der Waals surface area (Å²) in [6.45, 7) is 0. The summed E-state index contributed by atoms with van der Waals surface area (Å²) in [5.41, 5.74) is 2.12. The Morgan fingerprint density at radius 2 is 1.59 bits per heavy atom. The molecule has 1 amide bonds. The summed E-state index contributed by atoms with van der Waals surface area (Å²) in [5.74, 6) is -0.437. The van der Waals surface area contributed by atoms with Crippen LogP contribution in [0.4, 0.5) is 0 Å². The Labute approximate surface area is 175 Å². The normalized spacial score (nSPS) is 12.3. The molecular formula is C22H21ClN2O3S. The molecule has 0 bridgehead atoms. The fraction of sp³-hybridized carbons (Fsp3) is 0.136. The molecule has 2 N–H and O–H groups in total. The van der Waals surface area contributed by atoms with Crippen molar-refractivity contribution < 1.29 is 13.2 Å². The number of benzene rings is 3. The van der Waals surface area contributed by atoms with Crippen molar-refractivity contribution in [3.05, 3.63) is 101 Å². The van der Waals surface area contributed by atoms with Gasteiger partial charge in [0.05, 0.1) is 21.5 Å². The highest BCUT2D eigenvalue weighted by molar-refractivity contribution is 7.89. The second-order valence-corrected chi connectivity index (χ2v) is 8.77. The molecule has 0 heterocycles. The molecule has 0 spiro atoms. The number of hydrogen-bond donors (Lipinski definition) is 2. The standard InChI is InChI=1S/C22H21ClN2O3S/c1-24-29(27,28)18-12-13-20(23)19(15-18)22(26)25-21(17-10-6-3-7-11-17)14-16-8-4-2-5-9-16/h2-13,15,21,24H,14H2,1H3,(H,25,26). The minimum Gasteiger partial charge on any atom is -0.345 e. The van der Waals surface area contributed by atoms with E-state index in [0.717, 1.165) is 11.1 Å². The highest BCUT2D eigenvalue weighted by Crippen LogP contribution is 2.23.